The van der Waals surface area contributed by atoms with Crippen LogP contribution in [0.3, 0.4) is 0 Å². The van der Waals surface area contributed by atoms with Crippen LogP contribution in [0.15, 0.2) is 24.3 Å². The van der Waals surface area contributed by atoms with Crippen molar-refractivity contribution in [3.63, 3.8) is 0 Å². The number of nitrogens with two attached hydrogens (primary N) is 1. The fourth-order valence-electron chi connectivity index (χ4n) is 1.64. The Morgan fingerprint density at radius 1 is 1.00 bits per heavy atom. The highest BCUT2D eigenvalue weighted by Crippen LogP contribution is 2.29. The minimum absolute atomic E-state index is 0.169. The molecule has 19 heavy (non-hydrogen) atoms. The molecule has 0 radical (unpaired) electrons. The third kappa shape index (κ3) is 2.83. The van der Waals surface area contributed by atoms with Gasteiger partial charge in [0.1, 0.15) is 5.82 Å². The van der Waals surface area contributed by atoms with Gasteiger partial charge in [-0.15, -0.1) is 0 Å². The largest absolute Gasteiger partial charge is 0.451 e. The zero-order valence-electron chi connectivity index (χ0n) is 10.4. The summed E-state index contributed by atoms with van der Waals surface area (Å²) >= 11 is 0. The van der Waals surface area contributed by atoms with Crippen LogP contribution in [0.5, 0.6) is 0 Å². The summed E-state index contributed by atoms with van der Waals surface area (Å²) in [4.78, 5) is 6.74. The molecule has 6 heteroatoms. The number of anilines is 1. The molecule has 0 spiro atoms. The highest BCUT2D eigenvalue weighted by molar-refractivity contribution is 5.63. The van der Waals surface area contributed by atoms with E-state index in [1.807, 2.05) is 19.9 Å². The Bertz CT molecular complexity index is 621. The summed E-state index contributed by atoms with van der Waals surface area (Å²) < 4.78 is 37.9. The van der Waals surface area contributed by atoms with Crippen molar-refractivity contribution in [3.8, 4) is 11.3 Å². The molecule has 0 saturated heterocycles. The Kier molecular flexibility index (Phi) is 3.18. The molecule has 0 amide bonds. The third-order valence-electron chi connectivity index (χ3n) is 2.80. The summed E-state index contributed by atoms with van der Waals surface area (Å²) in [6, 6.07) is 6.65. The Morgan fingerprint density at radius 3 is 2.26 bits per heavy atom. The van der Waals surface area contributed by atoms with Crippen molar-refractivity contribution in [1.82, 2.24) is 9.97 Å². The minimum Gasteiger partial charge on any atom is -0.384 e. The first-order valence-electron chi connectivity index (χ1n) is 5.57. The van der Waals surface area contributed by atoms with Crippen molar-refractivity contribution in [3.05, 3.63) is 41.2 Å². The monoisotopic (exact) mass is 267 g/mol. The molecule has 0 fully saturated rings. The summed E-state index contributed by atoms with van der Waals surface area (Å²) in [6.07, 6.45) is -4.61. The van der Waals surface area contributed by atoms with E-state index in [4.69, 9.17) is 5.73 Å². The number of nitrogens with zero attached hydrogens (tertiary/aromatic N) is 2. The third-order valence-corrected chi connectivity index (χ3v) is 2.80. The maximum absolute atomic E-state index is 12.6. The van der Waals surface area contributed by atoms with Gasteiger partial charge in [0.2, 0.25) is 5.82 Å². The second kappa shape index (κ2) is 4.53. The lowest BCUT2D eigenvalue weighted by Crippen LogP contribution is -2.13. The van der Waals surface area contributed by atoms with Crippen LogP contribution in [0.4, 0.5) is 19.0 Å². The number of benzene rings is 1. The second-order valence-electron chi connectivity index (χ2n) is 4.30. The quantitative estimate of drug-likeness (QED) is 0.861. The maximum Gasteiger partial charge on any atom is 0.451 e. The molecule has 0 atom stereocenters. The average Bonchev–Trinajstić information content (AvgIpc) is 2.31. The van der Waals surface area contributed by atoms with E-state index in [1.165, 1.54) is 6.07 Å². The van der Waals surface area contributed by atoms with Gasteiger partial charge in [0, 0.05) is 11.6 Å². The lowest BCUT2D eigenvalue weighted by molar-refractivity contribution is -0.144. The van der Waals surface area contributed by atoms with Crippen molar-refractivity contribution in [1.29, 1.82) is 0 Å². The number of nitrogen functional groups attached to an aromatic ring is 1. The van der Waals surface area contributed by atoms with E-state index in [9.17, 15) is 13.2 Å². The van der Waals surface area contributed by atoms with Crippen molar-refractivity contribution in [2.75, 3.05) is 5.73 Å². The molecule has 1 aromatic carbocycles. The summed E-state index contributed by atoms with van der Waals surface area (Å²) in [7, 11) is 0. The Labute approximate surface area is 108 Å². The van der Waals surface area contributed by atoms with Crippen molar-refractivity contribution < 1.29 is 13.2 Å². The topological polar surface area (TPSA) is 51.8 Å². The standard InChI is InChI=1S/C13H12F3N3/c1-7-3-4-9(5-8(7)2)10-6-11(17)19-12(18-10)13(14,15)16/h3-6H,1-2H3,(H2,17,18,19). The average molecular weight is 267 g/mol. The zero-order chi connectivity index (χ0) is 14.2. The molecule has 0 unspecified atom stereocenters. The van der Waals surface area contributed by atoms with Gasteiger partial charge in [0.15, 0.2) is 0 Å². The van der Waals surface area contributed by atoms with E-state index in [2.05, 4.69) is 9.97 Å². The van der Waals surface area contributed by atoms with E-state index in [0.717, 1.165) is 11.1 Å². The SMILES string of the molecule is Cc1ccc(-c2cc(N)nc(C(F)(F)F)n2)cc1C. The molecule has 0 aliphatic carbocycles. The molecule has 0 aliphatic rings. The first kappa shape index (κ1) is 13.3. The second-order valence-corrected chi connectivity index (χ2v) is 4.30. The van der Waals surface area contributed by atoms with E-state index in [0.29, 0.717) is 5.56 Å². The molecule has 1 heterocycles. The van der Waals surface area contributed by atoms with Crippen LogP contribution < -0.4 is 5.73 Å². The van der Waals surface area contributed by atoms with Gasteiger partial charge >= 0.3 is 6.18 Å². The van der Waals surface area contributed by atoms with E-state index < -0.39 is 12.0 Å². The van der Waals surface area contributed by atoms with Crippen molar-refractivity contribution in [2.45, 2.75) is 20.0 Å². The molecule has 2 aromatic rings. The molecular formula is C13H12F3N3. The van der Waals surface area contributed by atoms with Gasteiger partial charge in [-0.2, -0.15) is 13.2 Å². The highest BCUT2D eigenvalue weighted by atomic mass is 19.4. The van der Waals surface area contributed by atoms with E-state index in [1.54, 1.807) is 12.1 Å². The molecule has 0 aliphatic heterocycles. The molecule has 3 nitrogen and oxygen atoms in total. The summed E-state index contributed by atoms with van der Waals surface area (Å²) in [5.74, 6) is -1.42. The Morgan fingerprint density at radius 2 is 1.68 bits per heavy atom. The first-order chi connectivity index (χ1) is 8.77. The molecule has 0 saturated carbocycles. The van der Waals surface area contributed by atoms with Gasteiger partial charge in [0.05, 0.1) is 5.69 Å². The molecule has 2 rings (SSSR count). The molecule has 100 valence electrons. The van der Waals surface area contributed by atoms with Crippen LogP contribution >= 0.6 is 0 Å². The van der Waals surface area contributed by atoms with Crippen LogP contribution in [0.25, 0.3) is 11.3 Å². The van der Waals surface area contributed by atoms with Gasteiger partial charge < -0.3 is 5.73 Å². The van der Waals surface area contributed by atoms with Gasteiger partial charge in [-0.25, -0.2) is 9.97 Å². The van der Waals surface area contributed by atoms with Crippen LogP contribution in [-0.4, -0.2) is 9.97 Å². The number of rotatable bonds is 1. The Hall–Kier alpha value is -2.11. The van der Waals surface area contributed by atoms with Crippen molar-refractivity contribution >= 4 is 5.82 Å². The molecule has 1 aromatic heterocycles. The zero-order valence-corrected chi connectivity index (χ0v) is 10.4. The van der Waals surface area contributed by atoms with Gasteiger partial charge in [-0.05, 0) is 31.0 Å². The van der Waals surface area contributed by atoms with Gasteiger partial charge in [0.25, 0.3) is 0 Å². The number of halogens is 3. The summed E-state index contributed by atoms with van der Waals surface area (Å²) in [6.45, 7) is 3.81. The van der Waals surface area contributed by atoms with Crippen LogP contribution in [0.2, 0.25) is 0 Å². The maximum atomic E-state index is 12.6. The fraction of sp³-hybridized carbons (Fsp3) is 0.231. The Balaban J connectivity index is 2.56. The highest BCUT2D eigenvalue weighted by Gasteiger charge is 2.35. The number of aromatic nitrogens is 2. The number of alkyl halides is 3. The smallest absolute Gasteiger partial charge is 0.384 e. The summed E-state index contributed by atoms with van der Waals surface area (Å²) in [5.41, 5.74) is 8.20. The minimum atomic E-state index is -4.61. The number of hydrogen-bond donors (Lipinski definition) is 1. The fourth-order valence-corrected chi connectivity index (χ4v) is 1.64. The molecular weight excluding hydrogens is 255 g/mol. The van der Waals surface area contributed by atoms with E-state index in [-0.39, 0.29) is 11.5 Å². The predicted octanol–water partition coefficient (Wildman–Crippen LogP) is 3.36. The first-order valence-corrected chi connectivity index (χ1v) is 5.57. The lowest BCUT2D eigenvalue weighted by atomic mass is 10.0. The van der Waals surface area contributed by atoms with Gasteiger partial charge in [-0.1, -0.05) is 12.1 Å². The van der Waals surface area contributed by atoms with Crippen LogP contribution in [0, 0.1) is 13.8 Å². The molecule has 2 N–H and O–H groups in total. The molecule has 0 bridgehead atoms. The number of aryl methyl sites for hydroxylation is 2. The lowest BCUT2D eigenvalue weighted by Gasteiger charge is -2.09. The van der Waals surface area contributed by atoms with Crippen LogP contribution in [0.1, 0.15) is 17.0 Å². The normalized spacial score (nSPS) is 11.6. The summed E-state index contributed by atoms with van der Waals surface area (Å²) in [5, 5.41) is 0. The van der Waals surface area contributed by atoms with Crippen LogP contribution in [-0.2, 0) is 6.18 Å². The van der Waals surface area contributed by atoms with Gasteiger partial charge in [-0.3, -0.25) is 0 Å². The van der Waals surface area contributed by atoms with Crippen molar-refractivity contribution in [2.24, 2.45) is 0 Å². The predicted molar refractivity (Wildman–Crippen MR) is 66.4 cm³/mol. The van der Waals surface area contributed by atoms with E-state index >= 15 is 0 Å². The number of hydrogen-bond acceptors (Lipinski definition) is 3.